The van der Waals surface area contributed by atoms with Crippen molar-refractivity contribution in [3.63, 3.8) is 0 Å². The van der Waals surface area contributed by atoms with Gasteiger partial charge in [0.25, 0.3) is 0 Å². The fraction of sp³-hybridized carbons (Fsp3) is 0. The van der Waals surface area contributed by atoms with Crippen LogP contribution in [0.4, 0.5) is 0 Å². The molecule has 0 aromatic heterocycles. The van der Waals surface area contributed by atoms with Crippen LogP contribution in [0, 0.1) is 6.07 Å². The summed E-state index contributed by atoms with van der Waals surface area (Å²) in [5.74, 6) is -0.865. The van der Waals surface area contributed by atoms with Crippen LogP contribution in [0.25, 0.3) is 0 Å². The quantitative estimate of drug-likeness (QED) is 0.253. The van der Waals surface area contributed by atoms with Gasteiger partial charge in [-0.05, 0) is 18.2 Å². The van der Waals surface area contributed by atoms with Crippen LogP contribution in [0.3, 0.4) is 0 Å². The van der Waals surface area contributed by atoms with E-state index in [-0.39, 0.29) is 87.2 Å². The van der Waals surface area contributed by atoms with E-state index in [4.69, 9.17) is 0 Å². The Morgan fingerprint density at radius 1 is 0.864 bits per heavy atom. The second-order valence-corrected chi connectivity index (χ2v) is 5.67. The third-order valence-corrected chi connectivity index (χ3v) is 3.95. The fourth-order valence-electron chi connectivity index (χ4n) is 2.17. The normalized spacial score (nSPS) is 12.6. The Morgan fingerprint density at radius 3 is 2.09 bits per heavy atom. The van der Waals surface area contributed by atoms with Crippen LogP contribution in [-0.2, 0) is 10.1 Å². The predicted octanol–water partition coefficient (Wildman–Crippen LogP) is -4.83. The molecule has 0 unspecified atom stereocenters. The largest absolute Gasteiger partial charge is 1.00 e. The van der Waals surface area contributed by atoms with E-state index in [1.807, 2.05) is 0 Å². The Labute approximate surface area is 171 Å². The van der Waals surface area contributed by atoms with Crippen LogP contribution < -0.4 is 59.1 Å². The van der Waals surface area contributed by atoms with E-state index >= 15 is 0 Å². The number of carbonyl (C=O) groups is 2. The van der Waals surface area contributed by atoms with E-state index in [2.05, 4.69) is 6.07 Å². The molecule has 0 saturated carbocycles. The molecule has 0 bridgehead atoms. The Balaban J connectivity index is 0.00000121. The Hall–Kier alpha value is -0.310. The molecule has 0 radical (unpaired) electrons. The van der Waals surface area contributed by atoms with Gasteiger partial charge in [0.1, 0.15) is 15.9 Å². The molecular formula is C14H6Na2O5S. The molecule has 0 aliphatic heterocycles. The minimum atomic E-state index is -4.68. The van der Waals surface area contributed by atoms with E-state index in [1.165, 1.54) is 24.3 Å². The third-order valence-electron chi connectivity index (χ3n) is 3.12. The molecule has 0 spiro atoms. The summed E-state index contributed by atoms with van der Waals surface area (Å²) in [7, 11) is -4.68. The summed E-state index contributed by atoms with van der Waals surface area (Å²) in [5, 5.41) is 0. The monoisotopic (exact) mass is 332 g/mol. The van der Waals surface area contributed by atoms with Gasteiger partial charge in [-0.15, -0.1) is 0 Å². The molecule has 3 rings (SSSR count). The SMILES string of the molecule is O=C1c2cc[c-]cc2C(=O)c2cc(S(=O)(=O)[O-])ccc21.[Na+].[Na+]. The van der Waals surface area contributed by atoms with Crippen molar-refractivity contribution in [2.45, 2.75) is 4.90 Å². The van der Waals surface area contributed by atoms with Gasteiger partial charge in [-0.1, -0.05) is 11.1 Å². The van der Waals surface area contributed by atoms with Gasteiger partial charge in [0.05, 0.1) is 4.90 Å². The minimum Gasteiger partial charge on any atom is -0.744 e. The van der Waals surface area contributed by atoms with Crippen molar-refractivity contribution in [2.24, 2.45) is 0 Å². The minimum absolute atomic E-state index is 0. The van der Waals surface area contributed by atoms with Crippen molar-refractivity contribution >= 4 is 21.7 Å². The summed E-state index contributed by atoms with van der Waals surface area (Å²) in [5.41, 5.74) is 0.435. The maximum Gasteiger partial charge on any atom is 1.00 e. The molecule has 2 aromatic carbocycles. The van der Waals surface area contributed by atoms with Crippen LogP contribution in [0.15, 0.2) is 41.3 Å². The van der Waals surface area contributed by atoms with Gasteiger partial charge in [0, 0.05) is 11.1 Å². The molecule has 5 nitrogen and oxygen atoms in total. The number of hydrogen-bond acceptors (Lipinski definition) is 5. The maximum atomic E-state index is 12.3. The van der Waals surface area contributed by atoms with Crippen LogP contribution in [-0.4, -0.2) is 24.5 Å². The molecule has 0 N–H and O–H groups in total. The molecular weight excluding hydrogens is 326 g/mol. The molecule has 22 heavy (non-hydrogen) atoms. The summed E-state index contributed by atoms with van der Waals surface area (Å²) >= 11 is 0. The third kappa shape index (κ3) is 3.29. The molecule has 0 saturated heterocycles. The van der Waals surface area contributed by atoms with E-state index in [1.54, 1.807) is 0 Å². The first-order valence-corrected chi connectivity index (χ1v) is 7.00. The number of benzene rings is 2. The second kappa shape index (κ2) is 7.07. The van der Waals surface area contributed by atoms with E-state index in [9.17, 15) is 22.6 Å². The summed E-state index contributed by atoms with van der Waals surface area (Å²) < 4.78 is 33.0. The standard InChI is InChI=1S/C14H7O5S.2Na/c15-13-9-3-1-2-4-10(9)14(16)12-7-8(20(17,18)19)5-6-11(12)13;;/h1,3-7H,(H,17,18,19);;/q-1;2*+1/p-1. The Morgan fingerprint density at radius 2 is 1.45 bits per heavy atom. The van der Waals surface area contributed by atoms with Crippen molar-refractivity contribution in [3.05, 3.63) is 64.7 Å². The zero-order valence-electron chi connectivity index (χ0n) is 11.9. The first-order chi connectivity index (χ1) is 9.39. The zero-order valence-corrected chi connectivity index (χ0v) is 16.7. The number of ketones is 2. The Kier molecular flexibility index (Phi) is 6.34. The van der Waals surface area contributed by atoms with Gasteiger partial charge in [-0.2, -0.15) is 24.3 Å². The number of carbonyl (C=O) groups excluding carboxylic acids is 2. The molecule has 100 valence electrons. The van der Waals surface area contributed by atoms with Gasteiger partial charge < -0.3 is 9.35 Å². The van der Waals surface area contributed by atoms with Crippen LogP contribution in [0.1, 0.15) is 31.8 Å². The second-order valence-electron chi connectivity index (χ2n) is 4.29. The van der Waals surface area contributed by atoms with Crippen molar-refractivity contribution in [3.8, 4) is 0 Å². The van der Waals surface area contributed by atoms with E-state index < -0.39 is 20.8 Å². The smallest absolute Gasteiger partial charge is 0.744 e. The van der Waals surface area contributed by atoms with Crippen molar-refractivity contribution in [1.82, 2.24) is 0 Å². The molecule has 0 heterocycles. The molecule has 1 aliphatic rings. The molecule has 0 fully saturated rings. The number of rotatable bonds is 1. The summed E-state index contributed by atoms with van der Waals surface area (Å²) in [6.07, 6.45) is 0. The van der Waals surface area contributed by atoms with Gasteiger partial charge in [-0.25, -0.2) is 8.42 Å². The van der Waals surface area contributed by atoms with Crippen molar-refractivity contribution in [1.29, 1.82) is 0 Å². The van der Waals surface area contributed by atoms with Crippen LogP contribution in [0.2, 0.25) is 0 Å². The summed E-state index contributed by atoms with van der Waals surface area (Å²) in [6, 6.07) is 10.2. The number of hydrogen-bond donors (Lipinski definition) is 0. The Bertz CT molecular complexity index is 875. The first-order valence-electron chi connectivity index (χ1n) is 5.59. The fourth-order valence-corrected chi connectivity index (χ4v) is 2.67. The van der Waals surface area contributed by atoms with Crippen molar-refractivity contribution < 1.29 is 81.7 Å². The van der Waals surface area contributed by atoms with Gasteiger partial charge >= 0.3 is 59.1 Å². The molecule has 1 aliphatic carbocycles. The predicted molar refractivity (Wildman–Crippen MR) is 66.5 cm³/mol. The molecule has 8 heteroatoms. The van der Waals surface area contributed by atoms with E-state index in [0.29, 0.717) is 0 Å². The average Bonchev–Trinajstić information content (AvgIpc) is 2.43. The zero-order chi connectivity index (χ0) is 14.5. The molecule has 0 amide bonds. The van der Waals surface area contributed by atoms with Gasteiger partial charge in [0.15, 0.2) is 5.78 Å². The summed E-state index contributed by atoms with van der Waals surface area (Å²) in [4.78, 5) is 24.0. The summed E-state index contributed by atoms with van der Waals surface area (Å²) in [6.45, 7) is 0. The first kappa shape index (κ1) is 19.7. The average molecular weight is 332 g/mol. The van der Waals surface area contributed by atoms with Crippen molar-refractivity contribution in [2.75, 3.05) is 0 Å². The van der Waals surface area contributed by atoms with E-state index in [0.717, 1.165) is 12.1 Å². The number of fused-ring (bicyclic) bond motifs is 2. The topological polar surface area (TPSA) is 91.3 Å². The van der Waals surface area contributed by atoms with Crippen LogP contribution >= 0.6 is 0 Å². The molecule has 2 aromatic rings. The van der Waals surface area contributed by atoms with Gasteiger partial charge in [-0.3, -0.25) is 4.79 Å². The molecule has 0 atom stereocenters. The maximum absolute atomic E-state index is 12.3. The van der Waals surface area contributed by atoms with Crippen LogP contribution in [0.5, 0.6) is 0 Å². The van der Waals surface area contributed by atoms with Gasteiger partial charge in [0.2, 0.25) is 0 Å².